The lowest BCUT2D eigenvalue weighted by Gasteiger charge is -2.37. The van der Waals surface area contributed by atoms with Crippen LogP contribution in [0.4, 0.5) is 8.78 Å². The van der Waals surface area contributed by atoms with E-state index in [4.69, 9.17) is 0 Å². The van der Waals surface area contributed by atoms with Crippen molar-refractivity contribution in [3.05, 3.63) is 64.7 Å². The van der Waals surface area contributed by atoms with Crippen molar-refractivity contribution in [3.8, 4) is 0 Å². The highest BCUT2D eigenvalue weighted by atomic mass is 19.1. The van der Waals surface area contributed by atoms with E-state index in [9.17, 15) is 8.78 Å². The second-order valence-corrected chi connectivity index (χ2v) is 10.5. The second kappa shape index (κ2) is 13.2. The van der Waals surface area contributed by atoms with Gasteiger partial charge >= 0.3 is 0 Å². The first-order valence-corrected chi connectivity index (χ1v) is 13.4. The molecule has 2 aliphatic carbocycles. The highest BCUT2D eigenvalue weighted by Crippen LogP contribution is 2.44. The molecule has 33 heavy (non-hydrogen) atoms. The molecule has 0 N–H and O–H groups in total. The van der Waals surface area contributed by atoms with Gasteiger partial charge in [-0.15, -0.1) is 0 Å². The summed E-state index contributed by atoms with van der Waals surface area (Å²) >= 11 is 0. The molecule has 0 aromatic heterocycles. The molecule has 1 aromatic carbocycles. The largest absolute Gasteiger partial charge is 0.207 e. The zero-order valence-corrected chi connectivity index (χ0v) is 20.8. The standard InChI is InChI=1S/C31H42F2/c1-4-6-8-10-11-23(3)31-29(32)21-28(22-30(31)33)27-19-17-26(18-20-27)25-15-13-24(14-16-25)12-9-7-5-2/h12,21-27H,2,4,6,8,10-11,13-20H2,1,3H3. The smallest absolute Gasteiger partial charge is 0.129 e. The van der Waals surface area contributed by atoms with Crippen LogP contribution in [0.15, 0.2) is 42.0 Å². The van der Waals surface area contributed by atoms with Crippen molar-refractivity contribution in [2.75, 3.05) is 0 Å². The molecule has 0 bridgehead atoms. The van der Waals surface area contributed by atoms with E-state index < -0.39 is 0 Å². The van der Waals surface area contributed by atoms with Crippen LogP contribution in [0.3, 0.4) is 0 Å². The van der Waals surface area contributed by atoms with E-state index in [-0.39, 0.29) is 17.6 Å². The summed E-state index contributed by atoms with van der Waals surface area (Å²) < 4.78 is 29.9. The molecule has 0 nitrogen and oxygen atoms in total. The Balaban J connectivity index is 1.52. The summed E-state index contributed by atoms with van der Waals surface area (Å²) in [5.41, 5.74) is 9.65. The number of halogens is 2. The normalized spacial score (nSPS) is 26.1. The summed E-state index contributed by atoms with van der Waals surface area (Å²) in [5, 5.41) is 0. The lowest BCUT2D eigenvalue weighted by molar-refractivity contribution is 0.171. The van der Waals surface area contributed by atoms with Gasteiger partial charge in [0.25, 0.3) is 0 Å². The van der Waals surface area contributed by atoms with Gasteiger partial charge in [-0.25, -0.2) is 8.78 Å². The van der Waals surface area contributed by atoms with Gasteiger partial charge in [0.15, 0.2) is 0 Å². The van der Waals surface area contributed by atoms with Gasteiger partial charge in [0.05, 0.1) is 0 Å². The van der Waals surface area contributed by atoms with Gasteiger partial charge in [-0.3, -0.25) is 0 Å². The van der Waals surface area contributed by atoms with Gasteiger partial charge in [0.2, 0.25) is 0 Å². The molecular weight excluding hydrogens is 410 g/mol. The van der Waals surface area contributed by atoms with Crippen LogP contribution in [-0.4, -0.2) is 0 Å². The Labute approximate surface area is 200 Å². The Morgan fingerprint density at radius 1 is 0.939 bits per heavy atom. The highest BCUT2D eigenvalue weighted by molar-refractivity contribution is 5.31. The van der Waals surface area contributed by atoms with E-state index >= 15 is 0 Å². The fourth-order valence-corrected chi connectivity index (χ4v) is 6.25. The molecule has 1 atom stereocenters. The summed E-state index contributed by atoms with van der Waals surface area (Å²) in [6.07, 6.45) is 17.1. The summed E-state index contributed by atoms with van der Waals surface area (Å²) in [4.78, 5) is 0. The molecular formula is C31H42F2. The first-order chi connectivity index (χ1) is 16.0. The van der Waals surface area contributed by atoms with Crippen molar-refractivity contribution in [2.45, 2.75) is 109 Å². The van der Waals surface area contributed by atoms with Crippen LogP contribution in [0.5, 0.6) is 0 Å². The van der Waals surface area contributed by atoms with Crippen LogP contribution in [0.2, 0.25) is 0 Å². The van der Waals surface area contributed by atoms with Crippen molar-refractivity contribution in [2.24, 2.45) is 17.8 Å². The van der Waals surface area contributed by atoms with Crippen molar-refractivity contribution in [3.63, 3.8) is 0 Å². The number of rotatable bonds is 9. The van der Waals surface area contributed by atoms with E-state index in [1.54, 1.807) is 12.1 Å². The molecule has 2 aliphatic rings. The van der Waals surface area contributed by atoms with Gasteiger partial charge in [-0.05, 0) is 123 Å². The average Bonchev–Trinajstić information content (AvgIpc) is 2.82. The molecule has 0 saturated heterocycles. The Morgan fingerprint density at radius 3 is 2.12 bits per heavy atom. The first-order valence-electron chi connectivity index (χ1n) is 13.4. The monoisotopic (exact) mass is 452 g/mol. The molecule has 0 aliphatic heterocycles. The molecule has 1 aromatic rings. The topological polar surface area (TPSA) is 0 Å². The predicted octanol–water partition coefficient (Wildman–Crippen LogP) is 9.77. The molecule has 0 heterocycles. The van der Waals surface area contributed by atoms with E-state index in [1.807, 2.05) is 6.92 Å². The molecule has 2 heteroatoms. The molecule has 2 fully saturated rings. The maximum atomic E-state index is 14.9. The van der Waals surface area contributed by atoms with E-state index in [0.717, 1.165) is 49.5 Å². The summed E-state index contributed by atoms with van der Waals surface area (Å²) in [7, 11) is 0. The zero-order chi connectivity index (χ0) is 23.6. The minimum atomic E-state index is -0.332. The van der Waals surface area contributed by atoms with Gasteiger partial charge in [-0.2, -0.15) is 0 Å². The minimum absolute atomic E-state index is 0.0556. The van der Waals surface area contributed by atoms with Crippen molar-refractivity contribution in [1.82, 2.24) is 0 Å². The molecule has 0 amide bonds. The quantitative estimate of drug-likeness (QED) is 0.258. The number of allylic oxidation sites excluding steroid dienone is 1. The SMILES string of the molecule is C=C=C=C=CC1CCC(C2CCC(c3cc(F)c(C(C)CCCCCC)c(F)c3)CC2)CC1. The highest BCUT2D eigenvalue weighted by Gasteiger charge is 2.31. The fourth-order valence-electron chi connectivity index (χ4n) is 6.25. The third kappa shape index (κ3) is 7.32. The Hall–Kier alpha value is -1.84. The van der Waals surface area contributed by atoms with E-state index in [2.05, 4.69) is 36.8 Å². The van der Waals surface area contributed by atoms with Crippen molar-refractivity contribution >= 4 is 0 Å². The van der Waals surface area contributed by atoms with Crippen LogP contribution >= 0.6 is 0 Å². The first kappa shape index (κ1) is 25.8. The van der Waals surface area contributed by atoms with Gasteiger partial charge in [0.1, 0.15) is 11.6 Å². The minimum Gasteiger partial charge on any atom is -0.207 e. The summed E-state index contributed by atoms with van der Waals surface area (Å²) in [6, 6.07) is 3.30. The molecule has 1 unspecified atom stereocenters. The van der Waals surface area contributed by atoms with Crippen molar-refractivity contribution < 1.29 is 8.78 Å². The van der Waals surface area contributed by atoms with Crippen LogP contribution in [0.25, 0.3) is 0 Å². The summed E-state index contributed by atoms with van der Waals surface area (Å²) in [5.74, 6) is 1.76. The maximum absolute atomic E-state index is 14.9. The van der Waals surface area contributed by atoms with Crippen LogP contribution in [0.1, 0.15) is 120 Å². The Bertz CT molecular complexity index is 841. The van der Waals surface area contributed by atoms with Gasteiger partial charge in [0, 0.05) is 5.56 Å². The number of benzene rings is 1. The van der Waals surface area contributed by atoms with E-state index in [1.165, 1.54) is 51.4 Å². The second-order valence-electron chi connectivity index (χ2n) is 10.5. The number of hydrogen-bond donors (Lipinski definition) is 0. The van der Waals surface area contributed by atoms with Gasteiger partial charge in [-0.1, -0.05) is 51.0 Å². The fraction of sp³-hybridized carbons (Fsp3) is 0.645. The lowest BCUT2D eigenvalue weighted by Crippen LogP contribution is -2.25. The zero-order valence-electron chi connectivity index (χ0n) is 20.8. The third-order valence-electron chi connectivity index (χ3n) is 8.29. The Morgan fingerprint density at radius 2 is 1.55 bits per heavy atom. The number of unbranched alkanes of at least 4 members (excludes halogenated alkanes) is 3. The summed E-state index contributed by atoms with van der Waals surface area (Å²) in [6.45, 7) is 7.67. The van der Waals surface area contributed by atoms with Crippen LogP contribution in [0, 0.1) is 29.4 Å². The Kier molecular flexibility index (Phi) is 10.3. The van der Waals surface area contributed by atoms with Gasteiger partial charge < -0.3 is 0 Å². The average molecular weight is 453 g/mol. The third-order valence-corrected chi connectivity index (χ3v) is 8.29. The van der Waals surface area contributed by atoms with Crippen LogP contribution < -0.4 is 0 Å². The number of hydrogen-bond acceptors (Lipinski definition) is 0. The van der Waals surface area contributed by atoms with Crippen molar-refractivity contribution in [1.29, 1.82) is 0 Å². The maximum Gasteiger partial charge on any atom is 0.129 e. The van der Waals surface area contributed by atoms with E-state index in [0.29, 0.717) is 17.4 Å². The molecule has 0 spiro atoms. The molecule has 180 valence electrons. The molecule has 3 rings (SSSR count). The van der Waals surface area contributed by atoms with Crippen LogP contribution in [-0.2, 0) is 0 Å². The predicted molar refractivity (Wildman–Crippen MR) is 134 cm³/mol. The lowest BCUT2D eigenvalue weighted by atomic mass is 9.68. The molecule has 0 radical (unpaired) electrons. The molecule has 2 saturated carbocycles.